The van der Waals surface area contributed by atoms with E-state index in [9.17, 15) is 13.2 Å². The molecule has 0 heterocycles. The van der Waals surface area contributed by atoms with Crippen LogP contribution in [0.25, 0.3) is 0 Å². The Morgan fingerprint density at radius 1 is 0.955 bits per heavy atom. The van der Waals surface area contributed by atoms with Crippen LogP contribution < -0.4 is 10.6 Å². The average Bonchev–Trinajstić information content (AvgIpc) is 2.46. The van der Waals surface area contributed by atoms with Gasteiger partial charge in [-0.05, 0) is 19.3 Å². The molecule has 0 aromatic rings. The summed E-state index contributed by atoms with van der Waals surface area (Å²) in [6.45, 7) is 3.72. The van der Waals surface area contributed by atoms with Crippen molar-refractivity contribution in [1.29, 1.82) is 0 Å². The van der Waals surface area contributed by atoms with Crippen molar-refractivity contribution in [3.63, 3.8) is 0 Å². The third kappa shape index (κ3) is 15.4. The number of unbranched alkanes of at least 4 members (excludes halogenated alkanes) is 1. The maximum Gasteiger partial charge on any atom is 0.411 e. The molecule has 0 saturated heterocycles. The zero-order valence-electron chi connectivity index (χ0n) is 13.5. The van der Waals surface area contributed by atoms with Crippen LogP contribution in [0.15, 0.2) is 4.99 Å². The number of nitrogens with zero attached hydrogens (tertiary/aromatic N) is 1. The largest absolute Gasteiger partial charge is 0.411 e. The fourth-order valence-electron chi connectivity index (χ4n) is 1.52. The Labute approximate surface area is 130 Å². The second-order valence-corrected chi connectivity index (χ2v) is 4.77. The van der Waals surface area contributed by atoms with E-state index in [-0.39, 0.29) is 6.61 Å². The molecule has 0 aliphatic carbocycles. The van der Waals surface area contributed by atoms with Gasteiger partial charge in [-0.15, -0.1) is 0 Å². The number of aliphatic imine (C=N–C) groups is 1. The summed E-state index contributed by atoms with van der Waals surface area (Å²) in [5, 5.41) is 6.13. The zero-order chi connectivity index (χ0) is 16.7. The zero-order valence-corrected chi connectivity index (χ0v) is 13.5. The van der Waals surface area contributed by atoms with Crippen molar-refractivity contribution < 1.29 is 22.6 Å². The molecule has 0 aromatic heterocycles. The lowest BCUT2D eigenvalue weighted by Gasteiger charge is -2.12. The van der Waals surface area contributed by atoms with Gasteiger partial charge in [0.05, 0.1) is 0 Å². The van der Waals surface area contributed by atoms with E-state index >= 15 is 0 Å². The van der Waals surface area contributed by atoms with E-state index in [1.54, 1.807) is 7.05 Å². The Morgan fingerprint density at radius 2 is 1.50 bits per heavy atom. The number of hydrogen-bond acceptors (Lipinski definition) is 3. The minimum Gasteiger partial charge on any atom is -0.381 e. The van der Waals surface area contributed by atoms with Gasteiger partial charge in [0.1, 0.15) is 6.61 Å². The summed E-state index contributed by atoms with van der Waals surface area (Å²) >= 11 is 0. The summed E-state index contributed by atoms with van der Waals surface area (Å²) in [5.74, 6) is 0.629. The van der Waals surface area contributed by atoms with Crippen LogP contribution in [0.4, 0.5) is 13.2 Å². The van der Waals surface area contributed by atoms with Crippen LogP contribution in [0.3, 0.4) is 0 Å². The summed E-state index contributed by atoms with van der Waals surface area (Å²) in [7, 11) is 1.65. The van der Waals surface area contributed by atoms with Crippen LogP contribution in [0, 0.1) is 0 Å². The monoisotopic (exact) mass is 327 g/mol. The first kappa shape index (κ1) is 21.0. The first-order valence-electron chi connectivity index (χ1n) is 7.66. The molecule has 0 aliphatic heterocycles. The van der Waals surface area contributed by atoms with Gasteiger partial charge in [-0.3, -0.25) is 4.99 Å². The molecule has 0 bridgehead atoms. The number of hydrogen-bond donors (Lipinski definition) is 2. The molecular weight excluding hydrogens is 299 g/mol. The molecule has 0 spiro atoms. The van der Waals surface area contributed by atoms with Gasteiger partial charge in [0.15, 0.2) is 5.96 Å². The van der Waals surface area contributed by atoms with Crippen LogP contribution in [0.2, 0.25) is 0 Å². The summed E-state index contributed by atoms with van der Waals surface area (Å²) in [4.78, 5) is 4.03. The summed E-state index contributed by atoms with van der Waals surface area (Å²) in [5.41, 5.74) is 0. The van der Waals surface area contributed by atoms with Crippen molar-refractivity contribution >= 4 is 5.96 Å². The molecule has 0 fully saturated rings. The Bertz CT molecular complexity index is 287. The smallest absolute Gasteiger partial charge is 0.381 e. The van der Waals surface area contributed by atoms with Crippen molar-refractivity contribution in [3.8, 4) is 0 Å². The van der Waals surface area contributed by atoms with Crippen LogP contribution in [0.5, 0.6) is 0 Å². The second kappa shape index (κ2) is 13.6. The number of guanidine groups is 1. The van der Waals surface area contributed by atoms with E-state index in [2.05, 4.69) is 27.3 Å². The lowest BCUT2D eigenvalue weighted by Crippen LogP contribution is -2.38. The molecule has 5 nitrogen and oxygen atoms in total. The van der Waals surface area contributed by atoms with E-state index in [1.807, 2.05) is 0 Å². The predicted molar refractivity (Wildman–Crippen MR) is 81.2 cm³/mol. The number of nitrogens with one attached hydrogen (secondary N) is 2. The third-order valence-corrected chi connectivity index (χ3v) is 2.65. The lowest BCUT2D eigenvalue weighted by atomic mass is 10.4. The Morgan fingerprint density at radius 3 is 2.00 bits per heavy atom. The van der Waals surface area contributed by atoms with Crippen molar-refractivity contribution in [1.82, 2.24) is 10.6 Å². The molecule has 0 saturated carbocycles. The van der Waals surface area contributed by atoms with E-state index in [4.69, 9.17) is 4.74 Å². The lowest BCUT2D eigenvalue weighted by molar-refractivity contribution is -0.173. The van der Waals surface area contributed by atoms with Crippen molar-refractivity contribution in [2.45, 2.75) is 38.8 Å². The molecule has 8 heteroatoms. The molecule has 0 atom stereocenters. The minimum absolute atomic E-state index is 0.0643. The SMILES string of the molecule is CCCCOCCCNC(=NC)NCCCOCC(F)(F)F. The number of ether oxygens (including phenoxy) is 2. The van der Waals surface area contributed by atoms with Crippen molar-refractivity contribution in [2.24, 2.45) is 4.99 Å². The van der Waals surface area contributed by atoms with E-state index in [0.717, 1.165) is 32.4 Å². The van der Waals surface area contributed by atoms with Crippen LogP contribution in [-0.2, 0) is 9.47 Å². The summed E-state index contributed by atoms with van der Waals surface area (Å²) < 4.78 is 45.5. The third-order valence-electron chi connectivity index (χ3n) is 2.65. The molecule has 2 N–H and O–H groups in total. The Kier molecular flexibility index (Phi) is 13.0. The molecule has 0 rings (SSSR count). The van der Waals surface area contributed by atoms with Gasteiger partial charge in [0.2, 0.25) is 0 Å². The van der Waals surface area contributed by atoms with Gasteiger partial charge < -0.3 is 20.1 Å². The van der Waals surface area contributed by atoms with E-state index < -0.39 is 12.8 Å². The predicted octanol–water partition coefficient (Wildman–Crippen LogP) is 2.33. The van der Waals surface area contributed by atoms with Crippen molar-refractivity contribution in [2.75, 3.05) is 46.6 Å². The number of halogens is 3. The van der Waals surface area contributed by atoms with Gasteiger partial charge in [-0.25, -0.2) is 0 Å². The van der Waals surface area contributed by atoms with Gasteiger partial charge >= 0.3 is 6.18 Å². The highest BCUT2D eigenvalue weighted by molar-refractivity contribution is 5.79. The molecule has 0 unspecified atom stereocenters. The maximum absolute atomic E-state index is 11.8. The van der Waals surface area contributed by atoms with Crippen LogP contribution in [0.1, 0.15) is 32.6 Å². The van der Waals surface area contributed by atoms with Crippen molar-refractivity contribution in [3.05, 3.63) is 0 Å². The Hall–Kier alpha value is -1.02. The molecule has 22 heavy (non-hydrogen) atoms. The molecule has 0 aromatic carbocycles. The average molecular weight is 327 g/mol. The van der Waals surface area contributed by atoms with E-state index in [1.165, 1.54) is 0 Å². The van der Waals surface area contributed by atoms with Crippen LogP contribution in [-0.4, -0.2) is 58.7 Å². The number of rotatable bonds is 12. The van der Waals surface area contributed by atoms with Gasteiger partial charge in [-0.1, -0.05) is 13.3 Å². The summed E-state index contributed by atoms with van der Waals surface area (Å²) in [6.07, 6.45) is -0.700. The highest BCUT2D eigenvalue weighted by Crippen LogP contribution is 2.14. The normalized spacial score (nSPS) is 12.5. The highest BCUT2D eigenvalue weighted by atomic mass is 19.4. The topological polar surface area (TPSA) is 54.9 Å². The second-order valence-electron chi connectivity index (χ2n) is 4.77. The number of alkyl halides is 3. The van der Waals surface area contributed by atoms with Gasteiger partial charge in [0, 0.05) is 40.0 Å². The first-order chi connectivity index (χ1) is 10.5. The van der Waals surface area contributed by atoms with Gasteiger partial charge in [-0.2, -0.15) is 13.2 Å². The van der Waals surface area contributed by atoms with Crippen LogP contribution >= 0.6 is 0 Å². The minimum atomic E-state index is -4.26. The van der Waals surface area contributed by atoms with Gasteiger partial charge in [0.25, 0.3) is 0 Å². The highest BCUT2D eigenvalue weighted by Gasteiger charge is 2.27. The fraction of sp³-hybridized carbons (Fsp3) is 0.929. The molecule has 0 amide bonds. The Balaban J connectivity index is 3.44. The standard InChI is InChI=1S/C14H28F3N3O2/c1-3-4-9-21-10-5-7-19-13(18-2)20-8-6-11-22-12-14(15,16)17/h3-12H2,1-2H3,(H2,18,19,20). The fourth-order valence-corrected chi connectivity index (χ4v) is 1.52. The summed E-state index contributed by atoms with van der Waals surface area (Å²) in [6, 6.07) is 0. The molecule has 0 aliphatic rings. The molecular formula is C14H28F3N3O2. The molecule has 0 radical (unpaired) electrons. The van der Waals surface area contributed by atoms with E-state index in [0.29, 0.717) is 25.5 Å². The maximum atomic E-state index is 11.8. The first-order valence-corrected chi connectivity index (χ1v) is 7.66. The molecule has 132 valence electrons. The quantitative estimate of drug-likeness (QED) is 0.328.